The van der Waals surface area contributed by atoms with E-state index >= 15 is 4.39 Å². The number of halogens is 2. The summed E-state index contributed by atoms with van der Waals surface area (Å²) >= 11 is 14.1. The van der Waals surface area contributed by atoms with E-state index in [1.165, 1.54) is 10.9 Å². The van der Waals surface area contributed by atoms with Gasteiger partial charge in [0.2, 0.25) is 11.2 Å². The van der Waals surface area contributed by atoms with E-state index in [0.29, 0.717) is 0 Å². The van der Waals surface area contributed by atoms with Crippen LogP contribution < -0.4 is 17.0 Å². The molecule has 4 aromatic rings. The number of nitrogens with two attached hydrogens (primary N) is 2. The topological polar surface area (TPSA) is 249 Å². The van der Waals surface area contributed by atoms with Crippen molar-refractivity contribution in [1.29, 1.82) is 0 Å². The van der Waals surface area contributed by atoms with E-state index in [2.05, 4.69) is 54.4 Å². The van der Waals surface area contributed by atoms with Crippen LogP contribution in [0.3, 0.4) is 0 Å². The van der Waals surface area contributed by atoms with Crippen LogP contribution in [-0.2, 0) is 36.7 Å². The number of hydrogen-bond acceptors (Lipinski definition) is 16. The molecule has 7 rings (SSSR count). The van der Waals surface area contributed by atoms with Gasteiger partial charge in [0.15, 0.2) is 35.0 Å². The Balaban J connectivity index is 1.15. The number of aromatic amines is 1. The molecular formula is C20H22ClFN10O9P2S2. The van der Waals surface area contributed by atoms with Crippen LogP contribution in [0.5, 0.6) is 0 Å². The third kappa shape index (κ3) is 5.86. The van der Waals surface area contributed by atoms with Gasteiger partial charge in [0.1, 0.15) is 36.2 Å². The highest BCUT2D eigenvalue weighted by atomic mass is 35.5. The first-order chi connectivity index (χ1) is 21.3. The summed E-state index contributed by atoms with van der Waals surface area (Å²) in [6.45, 7) is -9.56. The lowest BCUT2D eigenvalue weighted by molar-refractivity contribution is -0.0540. The zero-order valence-corrected chi connectivity index (χ0v) is 26.7. The lowest BCUT2D eigenvalue weighted by Gasteiger charge is -2.27. The number of imidazole rings is 2. The number of hydrogen-bond donors (Lipinski definition) is 5. The van der Waals surface area contributed by atoms with Crippen molar-refractivity contribution in [2.75, 3.05) is 24.7 Å². The van der Waals surface area contributed by atoms with E-state index in [9.17, 15) is 13.9 Å². The predicted molar refractivity (Wildman–Crippen MR) is 159 cm³/mol. The monoisotopic (exact) mass is 726 g/mol. The molecule has 0 radical (unpaired) electrons. The number of anilines is 2. The van der Waals surface area contributed by atoms with Crippen molar-refractivity contribution in [2.24, 2.45) is 0 Å². The van der Waals surface area contributed by atoms with E-state index in [1.54, 1.807) is 0 Å². The zero-order valence-electron chi connectivity index (χ0n) is 22.3. The van der Waals surface area contributed by atoms with Crippen molar-refractivity contribution in [3.8, 4) is 0 Å². The highest BCUT2D eigenvalue weighted by molar-refractivity contribution is 8.44. The fraction of sp³-hybridized carbons (Fsp3) is 0.500. The summed E-state index contributed by atoms with van der Waals surface area (Å²) in [4.78, 5) is 34.7. The molecule has 0 bridgehead atoms. The van der Waals surface area contributed by atoms with Crippen molar-refractivity contribution in [2.45, 2.75) is 49.5 Å². The van der Waals surface area contributed by atoms with Crippen LogP contribution in [0.2, 0.25) is 5.28 Å². The summed E-state index contributed by atoms with van der Waals surface area (Å²) in [6, 6.07) is 0. The van der Waals surface area contributed by atoms with Crippen LogP contribution >= 0.6 is 49.7 Å². The molecule has 3 unspecified atom stereocenters. The molecular weight excluding hydrogens is 705 g/mol. The van der Waals surface area contributed by atoms with Crippen LogP contribution in [0.1, 0.15) is 18.9 Å². The SMILES string of the molecule is Nc1nc2c(ncn2[C@@H]2O[C@@H]3CO[P@@](=O)(S)OC4C[C@H](n5cnc6c(N)nc(Cl)nc65)O[C@@H]4CO[P@@](=O)(S)OC3C2F)c(=O)[nH]1. The van der Waals surface area contributed by atoms with Gasteiger partial charge in [-0.3, -0.25) is 37.0 Å². The van der Waals surface area contributed by atoms with Gasteiger partial charge in [0, 0.05) is 6.42 Å². The Labute approximate surface area is 265 Å². The first-order valence-corrected chi connectivity index (χ1v) is 18.7. The van der Waals surface area contributed by atoms with Crippen LogP contribution in [0.4, 0.5) is 16.2 Å². The first kappa shape index (κ1) is 31.3. The number of nitrogens with zero attached hydrogens (tertiary/aromatic N) is 7. The van der Waals surface area contributed by atoms with Crippen molar-refractivity contribution in [3.63, 3.8) is 0 Å². The molecule has 0 saturated carbocycles. The maximum atomic E-state index is 16.0. The molecule has 3 fully saturated rings. The molecule has 19 nitrogen and oxygen atoms in total. The maximum Gasteiger partial charge on any atom is 0.386 e. The van der Waals surface area contributed by atoms with Crippen LogP contribution in [-0.4, -0.2) is 82.8 Å². The van der Waals surface area contributed by atoms with Gasteiger partial charge >= 0.3 is 13.6 Å². The number of nitrogens with one attached hydrogen (secondary N) is 1. The molecule has 0 aliphatic carbocycles. The first-order valence-electron chi connectivity index (χ1n) is 12.9. The van der Waals surface area contributed by atoms with Crippen LogP contribution in [0.15, 0.2) is 17.4 Å². The predicted octanol–water partition coefficient (Wildman–Crippen LogP) is 2.19. The van der Waals surface area contributed by atoms with Gasteiger partial charge in [-0.2, -0.15) is 15.0 Å². The van der Waals surface area contributed by atoms with E-state index in [0.717, 1.165) is 10.9 Å². The molecule has 0 spiro atoms. The van der Waals surface area contributed by atoms with E-state index in [-0.39, 0.29) is 45.8 Å². The Kier molecular flexibility index (Phi) is 7.92. The Bertz CT molecular complexity index is 1970. The molecule has 3 aliphatic heterocycles. The Morgan fingerprint density at radius 3 is 2.38 bits per heavy atom. The second kappa shape index (κ2) is 11.4. The average molecular weight is 727 g/mol. The number of fused-ring (bicyclic) bond motifs is 4. The fourth-order valence-corrected chi connectivity index (χ4v) is 8.46. The quantitative estimate of drug-likeness (QED) is 0.113. The standard InChI is InChI=1S/C20H22ClFN10O9P2S2/c21-19-27-14(23)11-15(28-19)31(4-25-11)9-1-6-7(38-9)2-36-43(35,45)41-13-8(3-37-42(34,44)40-6)39-18(10(13)22)32-5-26-12-16(32)29-20(24)30-17(12)33/h4-10,13,18H,1-3H2,(H,34,44)(H,35,45)(H2,23,27,28)(H3,24,29,30,33)/t6?,7-,8-,9-,10?,13?,18-,42-,43-/m1/s1. The normalized spacial score (nSPS) is 36.0. The van der Waals surface area contributed by atoms with Crippen molar-refractivity contribution in [3.05, 3.63) is 28.3 Å². The van der Waals surface area contributed by atoms with Crippen LogP contribution in [0.25, 0.3) is 22.3 Å². The molecule has 45 heavy (non-hydrogen) atoms. The van der Waals surface area contributed by atoms with Gasteiger partial charge in [0.25, 0.3) is 5.56 Å². The number of H-pyrrole nitrogens is 1. The number of rotatable bonds is 2. The fourth-order valence-electron chi connectivity index (χ4n) is 5.28. The Morgan fingerprint density at radius 2 is 1.60 bits per heavy atom. The molecule has 7 heterocycles. The third-order valence-electron chi connectivity index (χ3n) is 7.23. The highest BCUT2D eigenvalue weighted by Gasteiger charge is 2.52. The minimum atomic E-state index is -4.32. The summed E-state index contributed by atoms with van der Waals surface area (Å²) in [5, 5.41) is -0.122. The second-order valence-corrected chi connectivity index (χ2v) is 16.2. The lowest BCUT2D eigenvalue weighted by Crippen LogP contribution is -2.35. The third-order valence-corrected chi connectivity index (χ3v) is 10.7. The zero-order chi connectivity index (χ0) is 31.8. The molecule has 0 amide bonds. The van der Waals surface area contributed by atoms with E-state index in [1.807, 2.05) is 0 Å². The number of aromatic nitrogens is 8. The molecule has 4 aromatic heterocycles. The summed E-state index contributed by atoms with van der Waals surface area (Å²) in [7, 11) is 0. The van der Waals surface area contributed by atoms with E-state index in [4.69, 9.17) is 50.6 Å². The van der Waals surface area contributed by atoms with Gasteiger partial charge in [0.05, 0.1) is 25.9 Å². The number of thiol groups is 2. The molecule has 0 aromatic carbocycles. The summed E-state index contributed by atoms with van der Waals surface area (Å²) in [6.07, 6.45) is -6.83. The minimum Gasteiger partial charge on any atom is -0.382 e. The molecule has 3 aliphatic rings. The van der Waals surface area contributed by atoms with Gasteiger partial charge in [-0.15, -0.1) is 0 Å². The molecule has 242 valence electrons. The van der Waals surface area contributed by atoms with Gasteiger partial charge in [-0.1, -0.05) is 24.5 Å². The molecule has 5 N–H and O–H groups in total. The van der Waals surface area contributed by atoms with Crippen molar-refractivity contribution >= 4 is 83.8 Å². The number of nitrogen functional groups attached to an aromatic ring is 2. The second-order valence-electron chi connectivity index (χ2n) is 10.1. The summed E-state index contributed by atoms with van der Waals surface area (Å²) in [5.41, 5.74) is 11.2. The van der Waals surface area contributed by atoms with Gasteiger partial charge < -0.3 is 20.9 Å². The van der Waals surface area contributed by atoms with Gasteiger partial charge in [-0.05, 0) is 11.6 Å². The highest BCUT2D eigenvalue weighted by Crippen LogP contribution is 2.60. The van der Waals surface area contributed by atoms with Crippen molar-refractivity contribution < 1.29 is 41.1 Å². The minimum absolute atomic E-state index is 0.0469. The smallest absolute Gasteiger partial charge is 0.382 e. The molecule has 3 saturated heterocycles. The van der Waals surface area contributed by atoms with E-state index < -0.39 is 75.4 Å². The molecule has 25 heteroatoms. The maximum absolute atomic E-state index is 16.0. The average Bonchev–Trinajstić information content (AvgIpc) is 3.71. The summed E-state index contributed by atoms with van der Waals surface area (Å²) in [5.74, 6) is -0.196. The molecule has 9 atom stereocenters. The Morgan fingerprint density at radius 1 is 0.933 bits per heavy atom. The Hall–Kier alpha value is -2.36. The number of ether oxygens (including phenoxy) is 2. The van der Waals surface area contributed by atoms with Gasteiger partial charge in [-0.25, -0.2) is 23.5 Å². The lowest BCUT2D eigenvalue weighted by atomic mass is 10.1. The van der Waals surface area contributed by atoms with Crippen molar-refractivity contribution in [1.82, 2.24) is 39.0 Å². The summed E-state index contributed by atoms with van der Waals surface area (Å²) < 4.78 is 79.5. The van der Waals surface area contributed by atoms with Crippen LogP contribution in [0, 0.1) is 0 Å². The number of alkyl halides is 1. The largest absolute Gasteiger partial charge is 0.386 e.